The van der Waals surface area contributed by atoms with Crippen LogP contribution in [-0.4, -0.2) is 20.6 Å². The maximum Gasteiger partial charge on any atom is 0.156 e. The number of hydrogen-bond acceptors (Lipinski definition) is 3. The Kier molecular flexibility index (Phi) is 2.81. The molecule has 0 aromatic carbocycles. The Labute approximate surface area is 83.3 Å². The molecule has 1 aromatic rings. The van der Waals surface area contributed by atoms with E-state index in [0.29, 0.717) is 5.92 Å². The van der Waals surface area contributed by atoms with Crippen molar-refractivity contribution in [3.63, 3.8) is 0 Å². The topological polar surface area (TPSA) is 50.4 Å². The van der Waals surface area contributed by atoms with E-state index in [-0.39, 0.29) is 0 Å². The molecule has 1 aliphatic rings. The van der Waals surface area contributed by atoms with Gasteiger partial charge in [0.05, 0.1) is 0 Å². The monoisotopic (exact) mass is 193 g/mol. The molecule has 1 aromatic heterocycles. The predicted octanol–water partition coefficient (Wildman–Crippen LogP) is 2.10. The number of hydrogen-bond donors (Lipinski definition) is 1. The van der Waals surface area contributed by atoms with E-state index >= 15 is 0 Å². The van der Waals surface area contributed by atoms with E-state index in [9.17, 15) is 0 Å². The normalized spacial score (nSPS) is 19.9. The molecule has 14 heavy (non-hydrogen) atoms. The van der Waals surface area contributed by atoms with Gasteiger partial charge in [-0.15, -0.1) is 0 Å². The second kappa shape index (κ2) is 4.26. The molecule has 1 fully saturated rings. The van der Waals surface area contributed by atoms with Crippen LogP contribution in [0.1, 0.15) is 32.1 Å². The molecule has 1 heterocycles. The zero-order chi connectivity index (χ0) is 9.80. The molecule has 1 saturated carbocycles. The number of oxime groups is 1. The van der Waals surface area contributed by atoms with Gasteiger partial charge in [0.15, 0.2) is 5.84 Å². The lowest BCUT2D eigenvalue weighted by Gasteiger charge is -2.22. The first-order valence-electron chi connectivity index (χ1n) is 5.12. The Morgan fingerprint density at radius 2 is 2.14 bits per heavy atom. The highest BCUT2D eigenvalue weighted by Gasteiger charge is 2.20. The fourth-order valence-electron chi connectivity index (χ4n) is 2.10. The number of rotatable bonds is 1. The van der Waals surface area contributed by atoms with Crippen molar-refractivity contribution in [3.8, 4) is 0 Å². The van der Waals surface area contributed by atoms with Crippen LogP contribution in [0.2, 0.25) is 0 Å². The van der Waals surface area contributed by atoms with Gasteiger partial charge in [-0.2, -0.15) is 0 Å². The molecule has 2 rings (SSSR count). The minimum absolute atomic E-state index is 0.392. The van der Waals surface area contributed by atoms with Gasteiger partial charge in [-0.05, 0) is 12.8 Å². The van der Waals surface area contributed by atoms with Gasteiger partial charge < -0.3 is 5.21 Å². The molecule has 0 bridgehead atoms. The summed E-state index contributed by atoms with van der Waals surface area (Å²) in [4.78, 5) is 3.96. The maximum atomic E-state index is 8.99. The standard InChI is InChI=1S/C10H15N3O/c14-12-10(13-7-6-11-8-13)9-4-2-1-3-5-9/h6-9,14H,1-5H2. The van der Waals surface area contributed by atoms with Crippen LogP contribution in [0.3, 0.4) is 0 Å². The summed E-state index contributed by atoms with van der Waals surface area (Å²) in [6.45, 7) is 0. The van der Waals surface area contributed by atoms with Crippen LogP contribution >= 0.6 is 0 Å². The summed E-state index contributed by atoms with van der Waals surface area (Å²) in [6.07, 6.45) is 11.2. The van der Waals surface area contributed by atoms with Crippen LogP contribution in [0.15, 0.2) is 23.9 Å². The average Bonchev–Trinajstić information content (AvgIpc) is 2.74. The zero-order valence-electron chi connectivity index (χ0n) is 8.13. The zero-order valence-corrected chi connectivity index (χ0v) is 8.13. The Morgan fingerprint density at radius 1 is 1.36 bits per heavy atom. The van der Waals surface area contributed by atoms with Crippen LogP contribution in [0.4, 0.5) is 0 Å². The first-order valence-corrected chi connectivity index (χ1v) is 5.12. The fourth-order valence-corrected chi connectivity index (χ4v) is 2.10. The van der Waals surface area contributed by atoms with Gasteiger partial charge in [0.25, 0.3) is 0 Å². The van der Waals surface area contributed by atoms with Crippen molar-refractivity contribution >= 4 is 5.84 Å². The van der Waals surface area contributed by atoms with E-state index in [1.807, 2.05) is 6.20 Å². The molecule has 4 heteroatoms. The van der Waals surface area contributed by atoms with E-state index in [1.165, 1.54) is 19.3 Å². The van der Waals surface area contributed by atoms with Crippen molar-refractivity contribution in [2.24, 2.45) is 11.1 Å². The lowest BCUT2D eigenvalue weighted by atomic mass is 9.88. The van der Waals surface area contributed by atoms with E-state index in [2.05, 4.69) is 10.1 Å². The van der Waals surface area contributed by atoms with Crippen molar-refractivity contribution in [2.75, 3.05) is 0 Å². The summed E-state index contributed by atoms with van der Waals surface area (Å²) in [5.41, 5.74) is 0. The molecule has 0 saturated heterocycles. The predicted molar refractivity (Wildman–Crippen MR) is 53.4 cm³/mol. The molecule has 76 valence electrons. The molecule has 0 spiro atoms. The minimum Gasteiger partial charge on any atom is -0.409 e. The van der Waals surface area contributed by atoms with Gasteiger partial charge in [0, 0.05) is 18.3 Å². The summed E-state index contributed by atoms with van der Waals surface area (Å²) in [5.74, 6) is 1.13. The third kappa shape index (κ3) is 1.78. The van der Waals surface area contributed by atoms with Crippen molar-refractivity contribution in [1.82, 2.24) is 9.55 Å². The summed E-state index contributed by atoms with van der Waals surface area (Å²) >= 11 is 0. The van der Waals surface area contributed by atoms with Gasteiger partial charge in [0.2, 0.25) is 0 Å². The van der Waals surface area contributed by atoms with E-state index < -0.39 is 0 Å². The quantitative estimate of drug-likeness (QED) is 0.321. The highest BCUT2D eigenvalue weighted by Crippen LogP contribution is 2.25. The van der Waals surface area contributed by atoms with Crippen LogP contribution in [0.5, 0.6) is 0 Å². The fraction of sp³-hybridized carbons (Fsp3) is 0.600. The summed E-state index contributed by atoms with van der Waals surface area (Å²) in [5, 5.41) is 12.4. The highest BCUT2D eigenvalue weighted by molar-refractivity contribution is 5.86. The summed E-state index contributed by atoms with van der Waals surface area (Å²) < 4.78 is 1.80. The number of aromatic nitrogens is 2. The van der Waals surface area contributed by atoms with Gasteiger partial charge >= 0.3 is 0 Å². The van der Waals surface area contributed by atoms with Crippen LogP contribution in [-0.2, 0) is 0 Å². The lowest BCUT2D eigenvalue weighted by molar-refractivity contribution is 0.306. The molecule has 0 atom stereocenters. The van der Waals surface area contributed by atoms with Gasteiger partial charge in [-0.3, -0.25) is 4.57 Å². The summed E-state index contributed by atoms with van der Waals surface area (Å²) in [7, 11) is 0. The van der Waals surface area contributed by atoms with Gasteiger partial charge in [-0.1, -0.05) is 24.4 Å². The van der Waals surface area contributed by atoms with E-state index in [4.69, 9.17) is 5.21 Å². The smallest absolute Gasteiger partial charge is 0.156 e. The number of nitrogens with zero attached hydrogens (tertiary/aromatic N) is 3. The number of imidazole rings is 1. The maximum absolute atomic E-state index is 8.99. The third-order valence-electron chi connectivity index (χ3n) is 2.84. The molecule has 0 unspecified atom stereocenters. The first kappa shape index (κ1) is 9.24. The van der Waals surface area contributed by atoms with Crippen LogP contribution in [0.25, 0.3) is 0 Å². The third-order valence-corrected chi connectivity index (χ3v) is 2.84. The second-order valence-corrected chi connectivity index (χ2v) is 3.76. The van der Waals surface area contributed by atoms with Gasteiger partial charge in [0.1, 0.15) is 6.33 Å². The van der Waals surface area contributed by atoms with Crippen LogP contribution < -0.4 is 0 Å². The van der Waals surface area contributed by atoms with Crippen molar-refractivity contribution < 1.29 is 5.21 Å². The minimum atomic E-state index is 0.392. The molecular weight excluding hydrogens is 178 g/mol. The van der Waals surface area contributed by atoms with Crippen molar-refractivity contribution in [1.29, 1.82) is 0 Å². The van der Waals surface area contributed by atoms with E-state index in [0.717, 1.165) is 18.7 Å². The Balaban J connectivity index is 2.13. The molecule has 1 aliphatic carbocycles. The van der Waals surface area contributed by atoms with Crippen molar-refractivity contribution in [2.45, 2.75) is 32.1 Å². The first-order chi connectivity index (χ1) is 6.92. The van der Waals surface area contributed by atoms with E-state index in [1.54, 1.807) is 17.1 Å². The van der Waals surface area contributed by atoms with Crippen LogP contribution in [0, 0.1) is 5.92 Å². The molecule has 4 nitrogen and oxygen atoms in total. The molecule has 0 radical (unpaired) electrons. The average molecular weight is 193 g/mol. The largest absolute Gasteiger partial charge is 0.409 e. The Bertz CT molecular complexity index is 299. The summed E-state index contributed by atoms with van der Waals surface area (Å²) in [6, 6.07) is 0. The molecule has 0 aliphatic heterocycles. The lowest BCUT2D eigenvalue weighted by Crippen LogP contribution is -2.24. The second-order valence-electron chi connectivity index (χ2n) is 3.76. The highest BCUT2D eigenvalue weighted by atomic mass is 16.4. The van der Waals surface area contributed by atoms with Gasteiger partial charge in [-0.25, -0.2) is 4.98 Å². The Hall–Kier alpha value is -1.32. The SMILES string of the molecule is ON=C(C1CCCCC1)n1ccnc1. The molecule has 1 N–H and O–H groups in total. The molecular formula is C10H15N3O. The molecule has 0 amide bonds. The Morgan fingerprint density at radius 3 is 2.71 bits per heavy atom. The van der Waals surface area contributed by atoms with Crippen molar-refractivity contribution in [3.05, 3.63) is 18.7 Å².